The molecule has 1 aromatic heterocycles. The number of sulfonamides is 1. The molecule has 0 saturated heterocycles. The second-order valence-corrected chi connectivity index (χ2v) is 8.11. The van der Waals surface area contributed by atoms with Crippen LogP contribution in [0.2, 0.25) is 0 Å². The normalized spacial score (nSPS) is 11.5. The quantitative estimate of drug-likeness (QED) is 0.608. The summed E-state index contributed by atoms with van der Waals surface area (Å²) in [5.41, 5.74) is 2.13. The molecule has 3 rings (SSSR count). The number of carbonyl (C=O) groups is 1. The molecule has 8 nitrogen and oxygen atoms in total. The Balaban J connectivity index is 1.75. The molecular formula is C19H20N4O4S. The van der Waals surface area contributed by atoms with Crippen molar-refractivity contribution in [1.29, 1.82) is 0 Å². The molecule has 0 atom stereocenters. The number of rotatable bonds is 7. The van der Waals surface area contributed by atoms with Crippen molar-refractivity contribution in [3.8, 4) is 0 Å². The molecule has 9 heteroatoms. The van der Waals surface area contributed by atoms with Crippen LogP contribution in [0.1, 0.15) is 11.1 Å². The highest BCUT2D eigenvalue weighted by molar-refractivity contribution is 7.88. The van der Waals surface area contributed by atoms with Crippen LogP contribution in [0.4, 0.5) is 0 Å². The maximum Gasteiger partial charge on any atom is 0.269 e. The Morgan fingerprint density at radius 1 is 1.07 bits per heavy atom. The summed E-state index contributed by atoms with van der Waals surface area (Å²) in [5.74, 6) is -0.533. The minimum absolute atomic E-state index is 0.154. The molecule has 0 aliphatic carbocycles. The van der Waals surface area contributed by atoms with E-state index >= 15 is 0 Å². The highest BCUT2D eigenvalue weighted by atomic mass is 32.2. The van der Waals surface area contributed by atoms with Crippen molar-refractivity contribution in [2.75, 3.05) is 7.05 Å². The third-order valence-electron chi connectivity index (χ3n) is 4.31. The van der Waals surface area contributed by atoms with Gasteiger partial charge in [-0.3, -0.25) is 14.2 Å². The summed E-state index contributed by atoms with van der Waals surface area (Å²) in [6.45, 7) is 0.00482. The molecule has 1 heterocycles. The number of amides is 1. The van der Waals surface area contributed by atoms with Crippen molar-refractivity contribution in [3.63, 3.8) is 0 Å². The summed E-state index contributed by atoms with van der Waals surface area (Å²) < 4.78 is 27.3. The van der Waals surface area contributed by atoms with Crippen LogP contribution in [0, 0.1) is 0 Å². The van der Waals surface area contributed by atoms with Gasteiger partial charge in [-0.05, 0) is 30.3 Å². The van der Waals surface area contributed by atoms with Gasteiger partial charge >= 0.3 is 0 Å². The molecule has 0 aliphatic heterocycles. The number of fused-ring (bicyclic) bond motifs is 1. The fourth-order valence-electron chi connectivity index (χ4n) is 2.82. The molecule has 0 fully saturated rings. The first-order valence-electron chi connectivity index (χ1n) is 8.59. The number of para-hydroxylation sites is 2. The average molecular weight is 400 g/mol. The van der Waals surface area contributed by atoms with Gasteiger partial charge in [0.25, 0.3) is 5.56 Å². The van der Waals surface area contributed by atoms with Crippen LogP contribution in [0.15, 0.2) is 59.5 Å². The molecule has 0 bridgehead atoms. The minimum Gasteiger partial charge on any atom is -0.350 e. The first-order valence-corrected chi connectivity index (χ1v) is 10.2. The molecule has 0 aliphatic rings. The minimum atomic E-state index is -3.43. The molecule has 0 saturated carbocycles. The van der Waals surface area contributed by atoms with Crippen LogP contribution in [0.3, 0.4) is 0 Å². The summed E-state index contributed by atoms with van der Waals surface area (Å²) in [7, 11) is -2.07. The van der Waals surface area contributed by atoms with Crippen LogP contribution < -0.4 is 15.6 Å². The Bertz CT molecular complexity index is 1170. The maximum atomic E-state index is 12.4. The Kier molecular flexibility index (Phi) is 5.86. The molecule has 146 valence electrons. The summed E-state index contributed by atoms with van der Waals surface area (Å²) >= 11 is 0. The van der Waals surface area contributed by atoms with Gasteiger partial charge in [-0.15, -0.1) is 0 Å². The second kappa shape index (κ2) is 8.32. The Labute approximate surface area is 162 Å². The van der Waals surface area contributed by atoms with Gasteiger partial charge in [0.05, 0.1) is 23.0 Å². The molecule has 2 N–H and O–H groups in total. The Hall–Kier alpha value is -3.04. The lowest BCUT2D eigenvalue weighted by Gasteiger charge is -2.12. The van der Waals surface area contributed by atoms with E-state index in [1.54, 1.807) is 48.5 Å². The summed E-state index contributed by atoms with van der Waals surface area (Å²) in [6.07, 6.45) is 1.19. The monoisotopic (exact) mass is 400 g/mol. The van der Waals surface area contributed by atoms with Crippen molar-refractivity contribution in [1.82, 2.24) is 19.6 Å². The first-order chi connectivity index (χ1) is 13.4. The van der Waals surface area contributed by atoms with Gasteiger partial charge < -0.3 is 5.32 Å². The van der Waals surface area contributed by atoms with Gasteiger partial charge in [0, 0.05) is 6.54 Å². The molecule has 1 amide bonds. The van der Waals surface area contributed by atoms with E-state index in [1.807, 2.05) is 0 Å². The number of carbonyl (C=O) groups excluding carboxylic acids is 1. The van der Waals surface area contributed by atoms with Crippen molar-refractivity contribution in [3.05, 3.63) is 76.2 Å². The highest BCUT2D eigenvalue weighted by Crippen LogP contribution is 2.12. The second-order valence-electron chi connectivity index (χ2n) is 6.18. The third kappa shape index (κ3) is 4.62. The van der Waals surface area contributed by atoms with E-state index in [0.717, 1.165) is 0 Å². The van der Waals surface area contributed by atoms with E-state index in [9.17, 15) is 18.0 Å². The van der Waals surface area contributed by atoms with Gasteiger partial charge in [0.1, 0.15) is 6.54 Å². The molecule has 0 spiro atoms. The third-order valence-corrected chi connectivity index (χ3v) is 5.62. The smallest absolute Gasteiger partial charge is 0.269 e. The lowest BCUT2D eigenvalue weighted by Crippen LogP contribution is -2.32. The lowest BCUT2D eigenvalue weighted by molar-refractivity contribution is -0.121. The van der Waals surface area contributed by atoms with Gasteiger partial charge in [-0.25, -0.2) is 18.1 Å². The Morgan fingerprint density at radius 2 is 1.75 bits per heavy atom. The van der Waals surface area contributed by atoms with Crippen molar-refractivity contribution in [2.45, 2.75) is 18.8 Å². The zero-order valence-electron chi connectivity index (χ0n) is 15.3. The zero-order chi connectivity index (χ0) is 20.1. The SMILES string of the molecule is CNS(=O)(=O)Cc1ccccc1CNC(=O)Cn1c(=O)cnc2ccccc21. The average Bonchev–Trinajstić information content (AvgIpc) is 2.69. The number of hydrogen-bond donors (Lipinski definition) is 2. The molecule has 2 aromatic carbocycles. The van der Waals surface area contributed by atoms with Crippen molar-refractivity contribution >= 4 is 27.0 Å². The van der Waals surface area contributed by atoms with Crippen molar-refractivity contribution in [2.24, 2.45) is 0 Å². The summed E-state index contributed by atoms with van der Waals surface area (Å²) in [6, 6.07) is 14.1. The van der Waals surface area contributed by atoms with Crippen LogP contribution in [-0.2, 0) is 33.7 Å². The van der Waals surface area contributed by atoms with Gasteiger partial charge in [0.15, 0.2) is 0 Å². The van der Waals surface area contributed by atoms with E-state index in [4.69, 9.17) is 0 Å². The maximum absolute atomic E-state index is 12.4. The van der Waals surface area contributed by atoms with Crippen LogP contribution in [0.5, 0.6) is 0 Å². The van der Waals surface area contributed by atoms with Crippen molar-refractivity contribution < 1.29 is 13.2 Å². The number of hydrogen-bond acceptors (Lipinski definition) is 5. The standard InChI is InChI=1S/C19H20N4O4S/c1-20-28(26,27)13-15-7-3-2-6-14(15)10-22-18(24)12-23-17-9-5-4-8-16(17)21-11-19(23)25/h2-9,11,20H,10,12-13H2,1H3,(H,22,24). The highest BCUT2D eigenvalue weighted by Gasteiger charge is 2.13. The summed E-state index contributed by atoms with van der Waals surface area (Å²) in [5, 5.41) is 2.75. The fourth-order valence-corrected chi connectivity index (χ4v) is 3.65. The van der Waals surface area contributed by atoms with Crippen LogP contribution in [0.25, 0.3) is 11.0 Å². The molecular weight excluding hydrogens is 380 g/mol. The summed E-state index contributed by atoms with van der Waals surface area (Å²) in [4.78, 5) is 28.6. The largest absolute Gasteiger partial charge is 0.350 e. The van der Waals surface area contributed by atoms with E-state index < -0.39 is 10.0 Å². The molecule has 3 aromatic rings. The van der Waals surface area contributed by atoms with Crippen LogP contribution in [-0.4, -0.2) is 30.9 Å². The first kappa shape index (κ1) is 19.7. The topological polar surface area (TPSA) is 110 Å². The van der Waals surface area contributed by atoms with E-state index in [-0.39, 0.29) is 30.3 Å². The predicted molar refractivity (Wildman–Crippen MR) is 106 cm³/mol. The fraction of sp³-hybridized carbons (Fsp3) is 0.211. The number of nitrogens with one attached hydrogen (secondary N) is 2. The molecule has 0 radical (unpaired) electrons. The molecule has 0 unspecified atom stereocenters. The lowest BCUT2D eigenvalue weighted by atomic mass is 10.1. The van der Waals surface area contributed by atoms with Gasteiger partial charge in [-0.1, -0.05) is 36.4 Å². The van der Waals surface area contributed by atoms with E-state index in [2.05, 4.69) is 15.0 Å². The van der Waals surface area contributed by atoms with E-state index in [1.165, 1.54) is 17.8 Å². The number of benzene rings is 2. The Morgan fingerprint density at radius 3 is 2.50 bits per heavy atom. The number of aromatic nitrogens is 2. The predicted octanol–water partition coefficient (Wildman–Crippen LogP) is 0.762. The van der Waals surface area contributed by atoms with Gasteiger partial charge in [0.2, 0.25) is 15.9 Å². The van der Waals surface area contributed by atoms with Crippen LogP contribution >= 0.6 is 0 Å². The number of nitrogens with zero attached hydrogens (tertiary/aromatic N) is 2. The van der Waals surface area contributed by atoms with E-state index in [0.29, 0.717) is 22.2 Å². The zero-order valence-corrected chi connectivity index (χ0v) is 16.1. The van der Waals surface area contributed by atoms with Gasteiger partial charge in [-0.2, -0.15) is 0 Å². The molecule has 28 heavy (non-hydrogen) atoms.